The van der Waals surface area contributed by atoms with Crippen LogP contribution in [0.2, 0.25) is 0 Å². The molecule has 5 nitrogen and oxygen atoms in total. The third-order valence-corrected chi connectivity index (χ3v) is 4.41. The summed E-state index contributed by atoms with van der Waals surface area (Å²) < 4.78 is 1.74. The Bertz CT molecular complexity index is 565. The van der Waals surface area contributed by atoms with Crippen molar-refractivity contribution >= 4 is 5.97 Å². The number of hydrogen-bond donors (Lipinski definition) is 1. The molecule has 1 aromatic heterocycles. The van der Waals surface area contributed by atoms with Crippen LogP contribution in [0.1, 0.15) is 49.6 Å². The first-order valence-electron chi connectivity index (χ1n) is 6.72. The number of aliphatic carboxylic acids is 1. The number of carbonyl (C=O) groups is 1. The van der Waals surface area contributed by atoms with Gasteiger partial charge in [0.15, 0.2) is 0 Å². The van der Waals surface area contributed by atoms with Gasteiger partial charge in [0.25, 0.3) is 0 Å². The molecular weight excluding hydrogens is 244 g/mol. The number of carboxylic acids is 1. The minimum absolute atomic E-state index is 0.0786. The van der Waals surface area contributed by atoms with Crippen molar-refractivity contribution in [2.75, 3.05) is 0 Å². The van der Waals surface area contributed by atoms with Gasteiger partial charge in [0.05, 0.1) is 6.42 Å². The molecule has 1 saturated carbocycles. The van der Waals surface area contributed by atoms with Gasteiger partial charge in [0.1, 0.15) is 0 Å². The van der Waals surface area contributed by atoms with E-state index in [-0.39, 0.29) is 17.6 Å². The van der Waals surface area contributed by atoms with Crippen molar-refractivity contribution in [2.45, 2.75) is 58.4 Å². The first kappa shape index (κ1) is 13.8. The van der Waals surface area contributed by atoms with Gasteiger partial charge < -0.3 is 5.11 Å². The van der Waals surface area contributed by atoms with Crippen LogP contribution in [-0.2, 0) is 16.8 Å². The summed E-state index contributed by atoms with van der Waals surface area (Å²) in [6.45, 7) is 5.61. The molecular formula is C14H20N2O3. The lowest BCUT2D eigenvalue weighted by molar-refractivity contribution is -0.136. The van der Waals surface area contributed by atoms with Crippen molar-refractivity contribution in [2.24, 2.45) is 0 Å². The summed E-state index contributed by atoms with van der Waals surface area (Å²) in [5.74, 6) is -0.891. The van der Waals surface area contributed by atoms with Gasteiger partial charge in [0, 0.05) is 22.5 Å². The number of carboxylic acid groups (broad SMARTS) is 1. The van der Waals surface area contributed by atoms with Gasteiger partial charge in [-0.1, -0.05) is 6.92 Å². The largest absolute Gasteiger partial charge is 0.481 e. The number of aryl methyl sites for hydroxylation is 1. The van der Waals surface area contributed by atoms with E-state index in [0.717, 1.165) is 31.4 Å². The molecule has 1 heterocycles. The number of rotatable bonds is 4. The van der Waals surface area contributed by atoms with Gasteiger partial charge >= 0.3 is 11.7 Å². The smallest absolute Gasteiger partial charge is 0.348 e. The topological polar surface area (TPSA) is 72.2 Å². The van der Waals surface area contributed by atoms with E-state index < -0.39 is 5.97 Å². The zero-order valence-corrected chi connectivity index (χ0v) is 11.7. The molecule has 2 rings (SSSR count). The maximum atomic E-state index is 12.2. The molecule has 0 spiro atoms. The molecule has 0 saturated heterocycles. The molecule has 0 bridgehead atoms. The Morgan fingerprint density at radius 2 is 2.05 bits per heavy atom. The number of hydrogen-bond acceptors (Lipinski definition) is 3. The number of nitrogens with zero attached hydrogens (tertiary/aromatic N) is 2. The monoisotopic (exact) mass is 264 g/mol. The highest BCUT2D eigenvalue weighted by Gasteiger charge is 2.39. The van der Waals surface area contributed by atoms with E-state index in [9.17, 15) is 9.59 Å². The van der Waals surface area contributed by atoms with E-state index in [1.165, 1.54) is 0 Å². The maximum Gasteiger partial charge on any atom is 0.348 e. The first-order chi connectivity index (χ1) is 8.91. The molecule has 0 unspecified atom stereocenters. The van der Waals surface area contributed by atoms with Crippen molar-refractivity contribution in [1.29, 1.82) is 0 Å². The molecule has 1 fully saturated rings. The molecule has 1 aromatic rings. The normalized spacial score (nSPS) is 17.0. The zero-order chi connectivity index (χ0) is 14.2. The molecule has 1 aliphatic carbocycles. The summed E-state index contributed by atoms with van der Waals surface area (Å²) in [6.07, 6.45) is 3.86. The Morgan fingerprint density at radius 3 is 2.47 bits per heavy atom. The molecule has 0 atom stereocenters. The van der Waals surface area contributed by atoms with E-state index in [1.807, 2.05) is 6.92 Å². The van der Waals surface area contributed by atoms with Gasteiger partial charge in [-0.3, -0.25) is 9.36 Å². The second-order valence-corrected chi connectivity index (χ2v) is 5.38. The summed E-state index contributed by atoms with van der Waals surface area (Å²) in [4.78, 5) is 27.2. The van der Waals surface area contributed by atoms with Gasteiger partial charge in [-0.2, -0.15) is 4.98 Å². The van der Waals surface area contributed by atoms with Gasteiger partial charge in [0.2, 0.25) is 0 Å². The SMILES string of the molecule is CCC1(n2c(C)c(CC(=O)O)c(C)nc2=O)CCC1. The predicted molar refractivity (Wildman–Crippen MR) is 71.4 cm³/mol. The lowest BCUT2D eigenvalue weighted by Gasteiger charge is -2.44. The van der Waals surface area contributed by atoms with Crippen LogP contribution in [0.4, 0.5) is 0 Å². The summed E-state index contributed by atoms with van der Waals surface area (Å²) >= 11 is 0. The van der Waals surface area contributed by atoms with Gasteiger partial charge in [-0.15, -0.1) is 0 Å². The van der Waals surface area contributed by atoms with Crippen LogP contribution in [0.15, 0.2) is 4.79 Å². The molecule has 1 N–H and O–H groups in total. The van der Waals surface area contributed by atoms with Crippen LogP contribution in [0.25, 0.3) is 0 Å². The summed E-state index contributed by atoms with van der Waals surface area (Å²) in [6, 6.07) is 0. The highest BCUT2D eigenvalue weighted by atomic mass is 16.4. The summed E-state index contributed by atoms with van der Waals surface area (Å²) in [5.41, 5.74) is 1.58. The van der Waals surface area contributed by atoms with Crippen LogP contribution in [0.5, 0.6) is 0 Å². The molecule has 104 valence electrons. The van der Waals surface area contributed by atoms with Crippen LogP contribution < -0.4 is 5.69 Å². The third-order valence-electron chi connectivity index (χ3n) is 4.41. The van der Waals surface area contributed by atoms with Crippen LogP contribution >= 0.6 is 0 Å². The van der Waals surface area contributed by atoms with Gasteiger partial charge in [-0.05, 0) is 39.5 Å². The Kier molecular flexibility index (Phi) is 3.47. The lowest BCUT2D eigenvalue weighted by atomic mass is 9.74. The molecule has 0 amide bonds. The fourth-order valence-electron chi connectivity index (χ4n) is 3.09. The van der Waals surface area contributed by atoms with Crippen molar-refractivity contribution in [1.82, 2.24) is 9.55 Å². The molecule has 19 heavy (non-hydrogen) atoms. The molecule has 1 aliphatic rings. The second kappa shape index (κ2) is 4.79. The molecule has 5 heteroatoms. The minimum Gasteiger partial charge on any atom is -0.481 e. The Balaban J connectivity index is 2.61. The molecule has 0 aliphatic heterocycles. The Labute approximate surface area is 112 Å². The average Bonchev–Trinajstić information content (AvgIpc) is 2.27. The number of aromatic nitrogens is 2. The van der Waals surface area contributed by atoms with E-state index in [4.69, 9.17) is 5.11 Å². The van der Waals surface area contributed by atoms with Crippen LogP contribution in [0, 0.1) is 13.8 Å². The van der Waals surface area contributed by atoms with Crippen molar-refractivity contribution < 1.29 is 9.90 Å². The Morgan fingerprint density at radius 1 is 1.42 bits per heavy atom. The van der Waals surface area contributed by atoms with E-state index in [2.05, 4.69) is 11.9 Å². The van der Waals surface area contributed by atoms with Crippen LogP contribution in [0.3, 0.4) is 0 Å². The van der Waals surface area contributed by atoms with E-state index in [0.29, 0.717) is 11.3 Å². The standard InChI is InChI=1S/C14H20N2O3/c1-4-14(6-5-7-14)16-10(3)11(8-12(17)18)9(2)15-13(16)19/h4-8H2,1-3H3,(H,17,18). The molecule has 0 aromatic carbocycles. The third kappa shape index (κ3) is 2.17. The fraction of sp³-hybridized carbons (Fsp3) is 0.643. The van der Waals surface area contributed by atoms with Crippen molar-refractivity contribution in [3.8, 4) is 0 Å². The average molecular weight is 264 g/mol. The highest BCUT2D eigenvalue weighted by molar-refractivity contribution is 5.70. The Hall–Kier alpha value is -1.65. The lowest BCUT2D eigenvalue weighted by Crippen LogP contribution is -2.48. The summed E-state index contributed by atoms with van der Waals surface area (Å²) in [5, 5.41) is 8.99. The zero-order valence-electron chi connectivity index (χ0n) is 11.7. The summed E-state index contributed by atoms with van der Waals surface area (Å²) in [7, 11) is 0. The quantitative estimate of drug-likeness (QED) is 0.899. The molecule has 0 radical (unpaired) electrons. The van der Waals surface area contributed by atoms with Crippen molar-refractivity contribution in [3.63, 3.8) is 0 Å². The second-order valence-electron chi connectivity index (χ2n) is 5.38. The fourth-order valence-corrected chi connectivity index (χ4v) is 3.09. The minimum atomic E-state index is -0.891. The maximum absolute atomic E-state index is 12.2. The van der Waals surface area contributed by atoms with Crippen LogP contribution in [-0.4, -0.2) is 20.6 Å². The highest BCUT2D eigenvalue weighted by Crippen LogP contribution is 2.42. The van der Waals surface area contributed by atoms with Gasteiger partial charge in [-0.25, -0.2) is 4.79 Å². The van der Waals surface area contributed by atoms with E-state index in [1.54, 1.807) is 11.5 Å². The first-order valence-corrected chi connectivity index (χ1v) is 6.72. The predicted octanol–water partition coefficient (Wildman–Crippen LogP) is 1.78. The van der Waals surface area contributed by atoms with E-state index >= 15 is 0 Å². The van der Waals surface area contributed by atoms with Crippen molar-refractivity contribution in [3.05, 3.63) is 27.4 Å².